The Bertz CT molecular complexity index is 1230. The van der Waals surface area contributed by atoms with Crippen molar-refractivity contribution in [1.82, 2.24) is 15.3 Å². The molecule has 3 aromatic rings. The van der Waals surface area contributed by atoms with Crippen molar-refractivity contribution in [3.63, 3.8) is 0 Å². The van der Waals surface area contributed by atoms with Crippen LogP contribution < -0.4 is 20.3 Å². The van der Waals surface area contributed by atoms with E-state index in [0.717, 1.165) is 24.8 Å². The van der Waals surface area contributed by atoms with E-state index < -0.39 is 5.82 Å². The van der Waals surface area contributed by atoms with E-state index in [1.807, 2.05) is 6.07 Å². The number of nitrogens with one attached hydrogen (secondary N) is 2. The second-order valence-corrected chi connectivity index (χ2v) is 8.91. The van der Waals surface area contributed by atoms with Gasteiger partial charge < -0.3 is 15.4 Å². The number of halogens is 2. The number of nitrogens with zero attached hydrogens (tertiary/aromatic N) is 3. The summed E-state index contributed by atoms with van der Waals surface area (Å²) in [4.78, 5) is 22.9. The van der Waals surface area contributed by atoms with Gasteiger partial charge in [-0.3, -0.25) is 9.69 Å². The van der Waals surface area contributed by atoms with Crippen molar-refractivity contribution >= 4 is 34.8 Å². The van der Waals surface area contributed by atoms with Crippen LogP contribution in [0.3, 0.4) is 0 Å². The Balaban J connectivity index is 1.38. The molecular formula is C23H21ClFN5O2. The number of hydrogen-bond acceptors (Lipinski definition) is 6. The molecule has 0 spiro atoms. The Kier molecular flexibility index (Phi) is 4.98. The van der Waals surface area contributed by atoms with E-state index in [2.05, 4.69) is 46.6 Å². The number of aromatic nitrogens is 2. The fraction of sp³-hybridized carbons (Fsp3) is 0.261. The van der Waals surface area contributed by atoms with Crippen LogP contribution in [0.15, 0.2) is 42.6 Å². The summed E-state index contributed by atoms with van der Waals surface area (Å²) in [5.74, 6) is -0.339. The van der Waals surface area contributed by atoms with Crippen LogP contribution >= 0.6 is 11.6 Å². The molecule has 0 aliphatic carbocycles. The standard InChI is InChI=1S/C23H21ClFN5O2/c1-23(2)11-26-9-13-7-15(4-5-17(13)23)28-22-27-10-16-20(29-22)32-12-30(21(16)31)19-6-3-14(25)8-18(19)24/h3-8,10,26H,9,11-12H2,1-2H3,(H,27,28,29). The first-order valence-electron chi connectivity index (χ1n) is 10.2. The van der Waals surface area contributed by atoms with Gasteiger partial charge in [0.1, 0.15) is 11.4 Å². The van der Waals surface area contributed by atoms with Crippen LogP contribution in [0.5, 0.6) is 5.88 Å². The molecule has 0 atom stereocenters. The monoisotopic (exact) mass is 453 g/mol. The minimum Gasteiger partial charge on any atom is -0.455 e. The smallest absolute Gasteiger partial charge is 0.268 e. The van der Waals surface area contributed by atoms with Crippen molar-refractivity contribution < 1.29 is 13.9 Å². The summed E-state index contributed by atoms with van der Waals surface area (Å²) in [6, 6.07) is 10.0. The molecule has 7 nitrogen and oxygen atoms in total. The van der Waals surface area contributed by atoms with Gasteiger partial charge in [-0.25, -0.2) is 9.37 Å². The van der Waals surface area contributed by atoms with Gasteiger partial charge in [0.2, 0.25) is 11.8 Å². The van der Waals surface area contributed by atoms with Gasteiger partial charge in [-0.1, -0.05) is 31.5 Å². The third kappa shape index (κ3) is 3.65. The van der Waals surface area contributed by atoms with Crippen LogP contribution in [0.4, 0.5) is 21.7 Å². The summed E-state index contributed by atoms with van der Waals surface area (Å²) in [5.41, 5.74) is 4.03. The Morgan fingerprint density at radius 2 is 2.09 bits per heavy atom. The minimum absolute atomic E-state index is 0.0714. The molecule has 0 unspecified atom stereocenters. The quantitative estimate of drug-likeness (QED) is 0.612. The van der Waals surface area contributed by atoms with Crippen molar-refractivity contribution in [2.75, 3.05) is 23.5 Å². The highest BCUT2D eigenvalue weighted by molar-refractivity contribution is 6.34. The van der Waals surface area contributed by atoms with Gasteiger partial charge in [0.05, 0.1) is 10.7 Å². The average Bonchev–Trinajstić information content (AvgIpc) is 2.74. The third-order valence-corrected chi connectivity index (χ3v) is 6.04. The number of carbonyl (C=O) groups is 1. The van der Waals surface area contributed by atoms with Gasteiger partial charge in [0, 0.05) is 30.4 Å². The first-order chi connectivity index (χ1) is 15.3. The van der Waals surface area contributed by atoms with Crippen LogP contribution in [0.2, 0.25) is 5.02 Å². The topological polar surface area (TPSA) is 79.4 Å². The maximum Gasteiger partial charge on any atom is 0.268 e. The zero-order valence-corrected chi connectivity index (χ0v) is 18.3. The molecule has 1 amide bonds. The second kappa shape index (κ2) is 7.72. The summed E-state index contributed by atoms with van der Waals surface area (Å²) in [5, 5.41) is 6.75. The Labute approximate surface area is 189 Å². The second-order valence-electron chi connectivity index (χ2n) is 8.50. The van der Waals surface area contributed by atoms with Crippen molar-refractivity contribution in [2.45, 2.75) is 25.8 Å². The largest absolute Gasteiger partial charge is 0.455 e. The van der Waals surface area contributed by atoms with Crippen LogP contribution in [0.1, 0.15) is 35.3 Å². The highest BCUT2D eigenvalue weighted by Gasteiger charge is 2.30. The molecule has 5 rings (SSSR count). The third-order valence-electron chi connectivity index (χ3n) is 5.73. The fourth-order valence-electron chi connectivity index (χ4n) is 4.10. The van der Waals surface area contributed by atoms with Crippen molar-refractivity contribution in [2.24, 2.45) is 0 Å². The number of amides is 1. The molecule has 32 heavy (non-hydrogen) atoms. The molecule has 164 valence electrons. The molecule has 0 saturated heterocycles. The van der Waals surface area contributed by atoms with E-state index in [1.165, 1.54) is 34.4 Å². The van der Waals surface area contributed by atoms with Crippen LogP contribution in [-0.4, -0.2) is 29.2 Å². The summed E-state index contributed by atoms with van der Waals surface area (Å²) in [6.45, 7) is 6.08. The first kappa shape index (κ1) is 20.7. The van der Waals surface area contributed by atoms with E-state index >= 15 is 0 Å². The highest BCUT2D eigenvalue weighted by atomic mass is 35.5. The number of fused-ring (bicyclic) bond motifs is 2. The van der Waals surface area contributed by atoms with E-state index in [4.69, 9.17) is 16.3 Å². The Morgan fingerprint density at radius 1 is 1.25 bits per heavy atom. The van der Waals surface area contributed by atoms with E-state index in [1.54, 1.807) is 0 Å². The summed E-state index contributed by atoms with van der Waals surface area (Å²) < 4.78 is 19.0. The van der Waals surface area contributed by atoms with Gasteiger partial charge in [-0.15, -0.1) is 0 Å². The molecule has 3 heterocycles. The van der Waals surface area contributed by atoms with E-state index in [-0.39, 0.29) is 34.5 Å². The lowest BCUT2D eigenvalue weighted by Crippen LogP contribution is -2.39. The van der Waals surface area contributed by atoms with Gasteiger partial charge in [0.15, 0.2) is 6.73 Å². The maximum absolute atomic E-state index is 13.4. The fourth-order valence-corrected chi connectivity index (χ4v) is 4.37. The SMILES string of the molecule is CC1(C)CNCc2cc(Nc3ncc4c(n3)OCN(c3ccc(F)cc3Cl)C4=O)ccc21. The lowest BCUT2D eigenvalue weighted by atomic mass is 9.79. The number of benzene rings is 2. The van der Waals surface area contributed by atoms with Crippen molar-refractivity contribution in [3.05, 3.63) is 70.1 Å². The van der Waals surface area contributed by atoms with Gasteiger partial charge >= 0.3 is 0 Å². The highest BCUT2D eigenvalue weighted by Crippen LogP contribution is 2.34. The molecule has 0 bridgehead atoms. The number of carbonyl (C=O) groups excluding carboxylic acids is 1. The molecule has 1 aromatic heterocycles. The maximum atomic E-state index is 13.4. The Hall–Kier alpha value is -3.23. The van der Waals surface area contributed by atoms with Crippen LogP contribution in [0, 0.1) is 5.82 Å². The van der Waals surface area contributed by atoms with Gasteiger partial charge in [0.25, 0.3) is 5.91 Å². The number of anilines is 3. The molecule has 2 aliphatic rings. The molecule has 0 radical (unpaired) electrons. The van der Waals surface area contributed by atoms with E-state index in [0.29, 0.717) is 11.6 Å². The van der Waals surface area contributed by atoms with E-state index in [9.17, 15) is 9.18 Å². The molecular weight excluding hydrogens is 433 g/mol. The number of rotatable bonds is 3. The lowest BCUT2D eigenvalue weighted by molar-refractivity contribution is 0.0932. The zero-order valence-electron chi connectivity index (χ0n) is 17.6. The summed E-state index contributed by atoms with van der Waals surface area (Å²) >= 11 is 6.10. The van der Waals surface area contributed by atoms with Gasteiger partial charge in [-0.2, -0.15) is 4.98 Å². The molecule has 2 aromatic carbocycles. The molecule has 9 heteroatoms. The normalized spacial score (nSPS) is 16.8. The molecule has 0 fully saturated rings. The van der Waals surface area contributed by atoms with Crippen LogP contribution in [-0.2, 0) is 12.0 Å². The van der Waals surface area contributed by atoms with Crippen LogP contribution in [0.25, 0.3) is 0 Å². The summed E-state index contributed by atoms with van der Waals surface area (Å²) in [7, 11) is 0. The van der Waals surface area contributed by atoms with Crippen molar-refractivity contribution in [3.8, 4) is 5.88 Å². The Morgan fingerprint density at radius 3 is 2.91 bits per heavy atom. The number of ether oxygens (including phenoxy) is 1. The molecule has 2 aliphatic heterocycles. The zero-order chi connectivity index (χ0) is 22.5. The predicted molar refractivity (Wildman–Crippen MR) is 120 cm³/mol. The first-order valence-corrected chi connectivity index (χ1v) is 10.6. The van der Waals surface area contributed by atoms with Gasteiger partial charge in [-0.05, 0) is 41.5 Å². The molecule has 0 saturated carbocycles. The lowest BCUT2D eigenvalue weighted by Gasteiger charge is -2.33. The minimum atomic E-state index is -0.481. The summed E-state index contributed by atoms with van der Waals surface area (Å²) in [6.07, 6.45) is 1.42. The molecule has 2 N–H and O–H groups in total. The number of hydrogen-bond donors (Lipinski definition) is 2. The predicted octanol–water partition coefficient (Wildman–Crippen LogP) is 4.39. The average molecular weight is 454 g/mol. The van der Waals surface area contributed by atoms with Crippen molar-refractivity contribution in [1.29, 1.82) is 0 Å².